The summed E-state index contributed by atoms with van der Waals surface area (Å²) in [6.07, 6.45) is 0.812. The van der Waals surface area contributed by atoms with Gasteiger partial charge in [0.1, 0.15) is 11.9 Å². The van der Waals surface area contributed by atoms with Crippen molar-refractivity contribution in [1.82, 2.24) is 10.2 Å². The third kappa shape index (κ3) is 7.49. The van der Waals surface area contributed by atoms with Gasteiger partial charge in [0.2, 0.25) is 11.8 Å². The Kier molecular flexibility index (Phi) is 9.95. The van der Waals surface area contributed by atoms with Gasteiger partial charge in [0.15, 0.2) is 0 Å². The first-order chi connectivity index (χ1) is 14.3. The largest absolute Gasteiger partial charge is 0.354 e. The molecule has 0 heterocycles. The minimum atomic E-state index is -0.634. The molecule has 30 heavy (non-hydrogen) atoms. The number of hydrogen-bond acceptors (Lipinski definition) is 3. The monoisotopic (exact) mass is 470 g/mol. The average Bonchev–Trinajstić information content (AvgIpc) is 2.73. The molecular weight excluding hydrogens is 446 g/mol. The van der Waals surface area contributed by atoms with Crippen LogP contribution < -0.4 is 5.32 Å². The van der Waals surface area contributed by atoms with Crippen LogP contribution in [0.15, 0.2) is 42.5 Å². The van der Waals surface area contributed by atoms with Crippen LogP contribution in [0.25, 0.3) is 0 Å². The Labute approximate surface area is 191 Å². The van der Waals surface area contributed by atoms with Crippen LogP contribution in [0.5, 0.6) is 0 Å². The molecule has 0 aromatic heterocycles. The Bertz CT molecular complexity index is 865. The maximum atomic E-state index is 13.0. The molecule has 2 rings (SSSR count). The van der Waals surface area contributed by atoms with E-state index >= 15 is 0 Å². The van der Waals surface area contributed by atoms with Crippen LogP contribution in [0.2, 0.25) is 10.0 Å². The Balaban J connectivity index is 2.07. The number of rotatable bonds is 10. The zero-order chi connectivity index (χ0) is 22.1. The molecule has 0 unspecified atom stereocenters. The summed E-state index contributed by atoms with van der Waals surface area (Å²) in [4.78, 5) is 27.0. The zero-order valence-electron chi connectivity index (χ0n) is 17.0. The van der Waals surface area contributed by atoms with Gasteiger partial charge < -0.3 is 10.2 Å². The highest BCUT2D eigenvalue weighted by Crippen LogP contribution is 2.24. The van der Waals surface area contributed by atoms with Gasteiger partial charge in [-0.25, -0.2) is 4.39 Å². The Morgan fingerprint density at radius 1 is 1.10 bits per heavy atom. The Morgan fingerprint density at radius 2 is 1.77 bits per heavy atom. The van der Waals surface area contributed by atoms with Crippen LogP contribution in [0.1, 0.15) is 31.4 Å². The number of hydrogen-bond donors (Lipinski definition) is 1. The van der Waals surface area contributed by atoms with Crippen LogP contribution >= 0.6 is 35.0 Å². The van der Waals surface area contributed by atoms with E-state index in [4.69, 9.17) is 23.2 Å². The van der Waals surface area contributed by atoms with Crippen molar-refractivity contribution < 1.29 is 14.0 Å². The maximum absolute atomic E-state index is 13.0. The van der Waals surface area contributed by atoms with Crippen molar-refractivity contribution in [3.05, 3.63) is 69.5 Å². The molecular formula is C22H25Cl2FN2O2S. The summed E-state index contributed by atoms with van der Waals surface area (Å²) >= 11 is 13.5. The fourth-order valence-electron chi connectivity index (χ4n) is 2.73. The number of thioether (sulfide) groups is 1. The first-order valence-electron chi connectivity index (χ1n) is 9.65. The average molecular weight is 471 g/mol. The molecule has 2 aromatic rings. The molecule has 2 aromatic carbocycles. The molecule has 1 N–H and O–H groups in total. The van der Waals surface area contributed by atoms with E-state index < -0.39 is 6.04 Å². The number of halogens is 3. The number of nitrogens with zero attached hydrogens (tertiary/aromatic N) is 1. The van der Waals surface area contributed by atoms with E-state index in [-0.39, 0.29) is 29.9 Å². The van der Waals surface area contributed by atoms with E-state index in [2.05, 4.69) is 5.32 Å². The van der Waals surface area contributed by atoms with Crippen LogP contribution in [0.3, 0.4) is 0 Å². The smallest absolute Gasteiger partial charge is 0.242 e. The van der Waals surface area contributed by atoms with Gasteiger partial charge in [-0.15, -0.1) is 11.8 Å². The van der Waals surface area contributed by atoms with Crippen molar-refractivity contribution in [2.45, 2.75) is 38.6 Å². The van der Waals surface area contributed by atoms with E-state index in [1.807, 2.05) is 6.92 Å². The van der Waals surface area contributed by atoms with Gasteiger partial charge in [-0.3, -0.25) is 9.59 Å². The van der Waals surface area contributed by atoms with Crippen LogP contribution in [-0.2, 0) is 21.9 Å². The van der Waals surface area contributed by atoms with E-state index in [0.717, 1.165) is 17.5 Å². The van der Waals surface area contributed by atoms with Gasteiger partial charge in [0, 0.05) is 18.8 Å². The second kappa shape index (κ2) is 12.2. The van der Waals surface area contributed by atoms with E-state index in [0.29, 0.717) is 22.3 Å². The molecule has 0 spiro atoms. The summed E-state index contributed by atoms with van der Waals surface area (Å²) in [5.74, 6) is 0.119. The van der Waals surface area contributed by atoms with Gasteiger partial charge >= 0.3 is 0 Å². The summed E-state index contributed by atoms with van der Waals surface area (Å²) < 4.78 is 13.0. The zero-order valence-corrected chi connectivity index (χ0v) is 19.3. The van der Waals surface area contributed by atoms with Gasteiger partial charge in [-0.1, -0.05) is 48.3 Å². The van der Waals surface area contributed by atoms with Gasteiger partial charge in [0.05, 0.1) is 15.8 Å². The lowest BCUT2D eigenvalue weighted by atomic mass is 10.1. The first-order valence-corrected chi connectivity index (χ1v) is 11.6. The fraction of sp³-hybridized carbons (Fsp3) is 0.364. The molecule has 1 atom stereocenters. The SMILES string of the molecule is CCCNC(=O)[C@H](C)N(Cc1ccc(Cl)c(Cl)c1)C(=O)CSCc1ccc(F)cc1. The van der Waals surface area contributed by atoms with E-state index in [1.165, 1.54) is 23.9 Å². The van der Waals surface area contributed by atoms with Crippen molar-refractivity contribution >= 4 is 46.8 Å². The maximum Gasteiger partial charge on any atom is 0.242 e. The molecule has 0 saturated heterocycles. The van der Waals surface area contributed by atoms with Crippen LogP contribution in [0.4, 0.5) is 4.39 Å². The minimum absolute atomic E-state index is 0.160. The quantitative estimate of drug-likeness (QED) is 0.511. The van der Waals surface area contributed by atoms with Crippen molar-refractivity contribution in [1.29, 1.82) is 0 Å². The first kappa shape index (κ1) is 24.5. The van der Waals surface area contributed by atoms with Crippen molar-refractivity contribution in [2.24, 2.45) is 0 Å². The summed E-state index contributed by atoms with van der Waals surface area (Å²) in [5.41, 5.74) is 1.72. The third-order valence-electron chi connectivity index (χ3n) is 4.46. The number of carbonyl (C=O) groups excluding carboxylic acids is 2. The number of benzene rings is 2. The molecule has 8 heteroatoms. The summed E-state index contributed by atoms with van der Waals surface area (Å²) in [5, 5.41) is 3.67. The van der Waals surface area contributed by atoms with Crippen molar-refractivity contribution in [3.8, 4) is 0 Å². The summed E-state index contributed by atoms with van der Waals surface area (Å²) in [7, 11) is 0. The Morgan fingerprint density at radius 3 is 2.40 bits per heavy atom. The normalized spacial score (nSPS) is 11.8. The highest BCUT2D eigenvalue weighted by atomic mass is 35.5. The molecule has 0 bridgehead atoms. The van der Waals surface area contributed by atoms with Crippen LogP contribution in [0, 0.1) is 5.82 Å². The second-order valence-corrected chi connectivity index (χ2v) is 8.66. The molecule has 2 amide bonds. The predicted molar refractivity (Wildman–Crippen MR) is 122 cm³/mol. The highest BCUT2D eigenvalue weighted by Gasteiger charge is 2.26. The lowest BCUT2D eigenvalue weighted by Crippen LogP contribution is -2.48. The van der Waals surface area contributed by atoms with Gasteiger partial charge in [-0.2, -0.15) is 0 Å². The van der Waals surface area contributed by atoms with E-state index in [1.54, 1.807) is 42.2 Å². The molecule has 0 radical (unpaired) electrons. The minimum Gasteiger partial charge on any atom is -0.354 e. The molecule has 162 valence electrons. The lowest BCUT2D eigenvalue weighted by molar-refractivity contribution is -0.138. The Hall–Kier alpha value is -1.76. The summed E-state index contributed by atoms with van der Waals surface area (Å²) in [6, 6.07) is 10.7. The third-order valence-corrected chi connectivity index (χ3v) is 6.19. The fourth-order valence-corrected chi connectivity index (χ4v) is 3.92. The number of nitrogens with one attached hydrogen (secondary N) is 1. The molecule has 0 fully saturated rings. The molecule has 0 aliphatic heterocycles. The number of amides is 2. The van der Waals surface area contributed by atoms with Crippen LogP contribution in [-0.4, -0.2) is 35.1 Å². The van der Waals surface area contributed by atoms with Crippen molar-refractivity contribution in [2.75, 3.05) is 12.3 Å². The van der Waals surface area contributed by atoms with Crippen molar-refractivity contribution in [3.63, 3.8) is 0 Å². The van der Waals surface area contributed by atoms with Gasteiger partial charge in [-0.05, 0) is 48.7 Å². The topological polar surface area (TPSA) is 49.4 Å². The van der Waals surface area contributed by atoms with Gasteiger partial charge in [0.25, 0.3) is 0 Å². The highest BCUT2D eigenvalue weighted by molar-refractivity contribution is 7.99. The standard InChI is InChI=1S/C22H25Cl2FN2O2S/c1-3-10-26-22(29)15(2)27(12-17-6-9-19(23)20(24)11-17)21(28)14-30-13-16-4-7-18(25)8-5-16/h4-9,11,15H,3,10,12-14H2,1-2H3,(H,26,29)/t15-/m0/s1. The second-order valence-electron chi connectivity index (χ2n) is 6.86. The lowest BCUT2D eigenvalue weighted by Gasteiger charge is -2.29. The van der Waals surface area contributed by atoms with E-state index in [9.17, 15) is 14.0 Å². The molecule has 0 aliphatic carbocycles. The molecule has 0 aliphatic rings. The number of carbonyl (C=O) groups is 2. The molecule has 0 saturated carbocycles. The predicted octanol–water partition coefficient (Wildman–Crippen LogP) is 5.31. The molecule has 4 nitrogen and oxygen atoms in total. The summed E-state index contributed by atoms with van der Waals surface area (Å²) in [6.45, 7) is 4.48.